The Morgan fingerprint density at radius 2 is 2.33 bits per heavy atom. The topological polar surface area (TPSA) is 113 Å². The van der Waals surface area contributed by atoms with Gasteiger partial charge >= 0.3 is 5.97 Å². The van der Waals surface area contributed by atoms with Gasteiger partial charge < -0.3 is 9.84 Å². The van der Waals surface area contributed by atoms with Gasteiger partial charge in [-0.25, -0.2) is 8.42 Å². The summed E-state index contributed by atoms with van der Waals surface area (Å²) >= 11 is 0. The number of H-pyrrole nitrogens is 1. The van der Waals surface area contributed by atoms with Crippen molar-refractivity contribution in [1.29, 1.82) is 0 Å². The highest BCUT2D eigenvalue weighted by Gasteiger charge is 2.41. The second-order valence-corrected chi connectivity index (χ2v) is 6.00. The van der Waals surface area contributed by atoms with E-state index in [1.165, 1.54) is 19.4 Å². The average Bonchev–Trinajstić information content (AvgIpc) is 2.98. The Morgan fingerprint density at radius 3 is 2.89 bits per heavy atom. The Hall–Kier alpha value is -1.45. The molecule has 2 rings (SSSR count). The van der Waals surface area contributed by atoms with Gasteiger partial charge in [-0.1, -0.05) is 0 Å². The van der Waals surface area contributed by atoms with Crippen molar-refractivity contribution < 1.29 is 23.1 Å². The van der Waals surface area contributed by atoms with E-state index in [9.17, 15) is 13.2 Å². The minimum Gasteiger partial charge on any atom is -0.481 e. The van der Waals surface area contributed by atoms with Gasteiger partial charge in [-0.3, -0.25) is 9.89 Å². The van der Waals surface area contributed by atoms with Gasteiger partial charge in [-0.2, -0.15) is 9.40 Å². The van der Waals surface area contributed by atoms with Crippen LogP contribution in [0, 0.1) is 5.92 Å². The fourth-order valence-corrected chi connectivity index (χ4v) is 3.15. The van der Waals surface area contributed by atoms with Crippen LogP contribution >= 0.6 is 0 Å². The molecule has 0 saturated carbocycles. The van der Waals surface area contributed by atoms with Gasteiger partial charge in [0, 0.05) is 13.2 Å². The molecular formula is C9H13N3O5S. The zero-order chi connectivity index (χ0) is 13.3. The molecule has 8 nitrogen and oxygen atoms in total. The SMILES string of the molecule is CN(C1COCC1C(=O)O)S(=O)(=O)c1cn[nH]c1. The molecule has 1 aromatic heterocycles. The van der Waals surface area contributed by atoms with Crippen molar-refractivity contribution in [2.75, 3.05) is 20.3 Å². The highest BCUT2D eigenvalue weighted by Crippen LogP contribution is 2.24. The number of carbonyl (C=O) groups is 1. The fourth-order valence-electron chi connectivity index (χ4n) is 1.86. The summed E-state index contributed by atoms with van der Waals surface area (Å²) in [6, 6.07) is -0.706. The van der Waals surface area contributed by atoms with E-state index in [0.717, 1.165) is 4.31 Å². The summed E-state index contributed by atoms with van der Waals surface area (Å²) in [5, 5.41) is 15.0. The summed E-state index contributed by atoms with van der Waals surface area (Å²) in [5.74, 6) is -1.91. The molecule has 0 aliphatic carbocycles. The molecule has 0 aromatic carbocycles. The molecule has 2 N–H and O–H groups in total. The highest BCUT2D eigenvalue weighted by atomic mass is 32.2. The lowest BCUT2D eigenvalue weighted by molar-refractivity contribution is -0.142. The van der Waals surface area contributed by atoms with Gasteiger partial charge in [0.15, 0.2) is 0 Å². The highest BCUT2D eigenvalue weighted by molar-refractivity contribution is 7.89. The molecule has 2 atom stereocenters. The summed E-state index contributed by atoms with van der Waals surface area (Å²) in [5.41, 5.74) is 0. The van der Waals surface area contributed by atoms with Crippen molar-refractivity contribution in [2.24, 2.45) is 5.92 Å². The van der Waals surface area contributed by atoms with Gasteiger partial charge in [0.25, 0.3) is 0 Å². The first-order valence-corrected chi connectivity index (χ1v) is 6.66. The number of nitrogens with zero attached hydrogens (tertiary/aromatic N) is 2. The van der Waals surface area contributed by atoms with Crippen molar-refractivity contribution in [3.8, 4) is 0 Å². The molecule has 0 radical (unpaired) electrons. The molecule has 2 unspecified atom stereocenters. The number of carboxylic acids is 1. The number of carboxylic acid groups (broad SMARTS) is 1. The number of ether oxygens (including phenoxy) is 1. The predicted octanol–water partition coefficient (Wildman–Crippen LogP) is -0.870. The van der Waals surface area contributed by atoms with Crippen LogP contribution in [0.25, 0.3) is 0 Å². The first-order valence-electron chi connectivity index (χ1n) is 5.22. The average molecular weight is 275 g/mol. The quantitative estimate of drug-likeness (QED) is 0.738. The Balaban J connectivity index is 2.26. The minimum absolute atomic E-state index is 0.000962. The van der Waals surface area contributed by atoms with Crippen LogP contribution in [-0.2, 0) is 19.6 Å². The van der Waals surface area contributed by atoms with Crippen LogP contribution in [0.1, 0.15) is 0 Å². The van der Waals surface area contributed by atoms with Crippen LogP contribution < -0.4 is 0 Å². The largest absolute Gasteiger partial charge is 0.481 e. The monoisotopic (exact) mass is 275 g/mol. The number of nitrogens with one attached hydrogen (secondary N) is 1. The third-order valence-corrected chi connectivity index (χ3v) is 4.83. The Kier molecular flexibility index (Phi) is 3.37. The fraction of sp³-hybridized carbons (Fsp3) is 0.556. The number of aliphatic carboxylic acids is 1. The smallest absolute Gasteiger partial charge is 0.310 e. The van der Waals surface area contributed by atoms with E-state index in [2.05, 4.69) is 10.2 Å². The van der Waals surface area contributed by atoms with Gasteiger partial charge in [-0.15, -0.1) is 0 Å². The molecule has 1 saturated heterocycles. The van der Waals surface area contributed by atoms with E-state index in [-0.39, 0.29) is 18.1 Å². The molecule has 1 fully saturated rings. The number of sulfonamides is 1. The van der Waals surface area contributed by atoms with E-state index in [4.69, 9.17) is 9.84 Å². The number of aromatic nitrogens is 2. The second kappa shape index (κ2) is 4.67. The van der Waals surface area contributed by atoms with Gasteiger partial charge in [0.05, 0.1) is 31.4 Å². The molecule has 9 heteroatoms. The van der Waals surface area contributed by atoms with Crippen LogP contribution in [0.5, 0.6) is 0 Å². The minimum atomic E-state index is -3.75. The summed E-state index contributed by atoms with van der Waals surface area (Å²) in [6.07, 6.45) is 2.43. The van der Waals surface area contributed by atoms with Crippen LogP contribution in [0.2, 0.25) is 0 Å². The lowest BCUT2D eigenvalue weighted by Crippen LogP contribution is -2.43. The molecule has 0 bridgehead atoms. The molecular weight excluding hydrogens is 262 g/mol. The first kappa shape index (κ1) is 13.0. The predicted molar refractivity (Wildman–Crippen MR) is 59.3 cm³/mol. The molecule has 18 heavy (non-hydrogen) atoms. The number of aromatic amines is 1. The van der Waals surface area contributed by atoms with Crippen molar-refractivity contribution in [1.82, 2.24) is 14.5 Å². The van der Waals surface area contributed by atoms with E-state index in [1.807, 2.05) is 0 Å². The molecule has 0 spiro atoms. The van der Waals surface area contributed by atoms with Crippen molar-refractivity contribution in [3.05, 3.63) is 12.4 Å². The molecule has 0 amide bonds. The van der Waals surface area contributed by atoms with Crippen LogP contribution in [0.3, 0.4) is 0 Å². The van der Waals surface area contributed by atoms with Crippen molar-refractivity contribution in [3.63, 3.8) is 0 Å². The van der Waals surface area contributed by atoms with E-state index >= 15 is 0 Å². The van der Waals surface area contributed by atoms with Gasteiger partial charge in [-0.05, 0) is 0 Å². The van der Waals surface area contributed by atoms with Crippen molar-refractivity contribution in [2.45, 2.75) is 10.9 Å². The normalized spacial score (nSPS) is 24.6. The molecule has 1 aliphatic heterocycles. The van der Waals surface area contributed by atoms with Crippen molar-refractivity contribution >= 4 is 16.0 Å². The van der Waals surface area contributed by atoms with Crippen LogP contribution in [0.4, 0.5) is 0 Å². The molecule has 2 heterocycles. The number of hydrogen-bond donors (Lipinski definition) is 2. The second-order valence-electron chi connectivity index (χ2n) is 4.00. The Bertz CT molecular complexity index is 526. The van der Waals surface area contributed by atoms with Gasteiger partial charge in [0.2, 0.25) is 10.0 Å². The molecule has 100 valence electrons. The number of hydrogen-bond acceptors (Lipinski definition) is 5. The summed E-state index contributed by atoms with van der Waals surface area (Å²) in [6.45, 7) is 0.0931. The third-order valence-electron chi connectivity index (χ3n) is 2.98. The maximum Gasteiger partial charge on any atom is 0.310 e. The zero-order valence-corrected chi connectivity index (χ0v) is 10.4. The van der Waals surface area contributed by atoms with E-state index in [0.29, 0.717) is 0 Å². The molecule has 1 aliphatic rings. The maximum atomic E-state index is 12.2. The van der Waals surface area contributed by atoms with E-state index < -0.39 is 28.0 Å². The molecule has 1 aromatic rings. The summed E-state index contributed by atoms with van der Waals surface area (Å²) < 4.78 is 30.4. The zero-order valence-electron chi connectivity index (χ0n) is 9.61. The lowest BCUT2D eigenvalue weighted by atomic mass is 10.1. The number of rotatable bonds is 4. The summed E-state index contributed by atoms with van der Waals surface area (Å²) in [4.78, 5) is 11.0. The number of likely N-dealkylation sites (N-methyl/N-ethyl adjacent to an activating group) is 1. The summed E-state index contributed by atoms with van der Waals surface area (Å²) in [7, 11) is -2.40. The first-order chi connectivity index (χ1) is 8.44. The van der Waals surface area contributed by atoms with Crippen LogP contribution in [0.15, 0.2) is 17.3 Å². The maximum absolute atomic E-state index is 12.2. The lowest BCUT2D eigenvalue weighted by Gasteiger charge is -2.24. The van der Waals surface area contributed by atoms with E-state index in [1.54, 1.807) is 0 Å². The Labute approximate surface area is 104 Å². The third kappa shape index (κ3) is 2.11. The standard InChI is InChI=1S/C9H13N3O5S/c1-12(8-5-17-4-7(8)9(13)14)18(15,16)6-2-10-11-3-6/h2-3,7-8H,4-5H2,1H3,(H,10,11)(H,13,14). The van der Waals surface area contributed by atoms with Gasteiger partial charge in [0.1, 0.15) is 4.90 Å². The van der Waals surface area contributed by atoms with Crippen LogP contribution in [-0.4, -0.2) is 60.3 Å². The Morgan fingerprint density at radius 1 is 1.61 bits per heavy atom.